The van der Waals surface area contributed by atoms with Crippen molar-refractivity contribution in [3.63, 3.8) is 0 Å². The van der Waals surface area contributed by atoms with Crippen LogP contribution >= 0.6 is 0 Å². The molecule has 0 N–H and O–H groups in total. The minimum absolute atomic E-state index is 0.286. The van der Waals surface area contributed by atoms with Gasteiger partial charge in [-0.1, -0.05) is 53.5 Å². The molecule has 0 spiro atoms. The molecule has 0 bridgehead atoms. The summed E-state index contributed by atoms with van der Waals surface area (Å²) in [4.78, 5) is 4.23. The molecule has 2 aromatic rings. The van der Waals surface area contributed by atoms with Gasteiger partial charge in [0, 0.05) is 17.6 Å². The number of hydrogen-bond acceptors (Lipinski definition) is 2. The van der Waals surface area contributed by atoms with Crippen molar-refractivity contribution in [2.75, 3.05) is 7.11 Å². The topological polar surface area (TPSA) is 22.1 Å². The summed E-state index contributed by atoms with van der Waals surface area (Å²) in [5.74, 6) is 3.47. The van der Waals surface area contributed by atoms with Crippen molar-refractivity contribution in [1.29, 1.82) is 0 Å². The molecule has 1 aromatic heterocycles. The normalized spacial score (nSPS) is 12.0. The van der Waals surface area contributed by atoms with E-state index < -0.39 is 8.07 Å². The summed E-state index contributed by atoms with van der Waals surface area (Å²) in [6.45, 7) is 13.5. The van der Waals surface area contributed by atoms with E-state index in [1.54, 1.807) is 19.4 Å². The summed E-state index contributed by atoms with van der Waals surface area (Å²) in [6.07, 6.45) is 1.66. The number of fused-ring (bicyclic) bond motifs is 1. The number of methoxy groups -OCH3 is 1. The molecular weight excluding hydrogens is 329 g/mol. The number of aromatic nitrogens is 1. The summed E-state index contributed by atoms with van der Waals surface area (Å²) in [6, 6.07) is 5.05. The van der Waals surface area contributed by atoms with Gasteiger partial charge in [0.2, 0.25) is 5.88 Å². The van der Waals surface area contributed by atoms with Crippen LogP contribution in [0.1, 0.15) is 47.1 Å². The highest BCUT2D eigenvalue weighted by Crippen LogP contribution is 2.41. The van der Waals surface area contributed by atoms with Crippen LogP contribution in [0.15, 0.2) is 24.4 Å². The molecule has 0 amide bonds. The lowest BCUT2D eigenvalue weighted by Crippen LogP contribution is -2.43. The summed E-state index contributed by atoms with van der Waals surface area (Å²) < 4.78 is 19.7. The largest absolute Gasteiger partial charge is 0.481 e. The first kappa shape index (κ1) is 19.5. The van der Waals surface area contributed by atoms with Gasteiger partial charge < -0.3 is 4.74 Å². The molecule has 0 unspecified atom stereocenters. The fourth-order valence-electron chi connectivity index (χ4n) is 4.01. The Balaban J connectivity index is 2.67. The average molecular weight is 358 g/mol. The summed E-state index contributed by atoms with van der Waals surface area (Å²) in [5, 5.41) is 1.64. The Labute approximate surface area is 151 Å². The van der Waals surface area contributed by atoms with Crippen LogP contribution in [0.3, 0.4) is 0 Å². The van der Waals surface area contributed by atoms with Crippen LogP contribution in [0.2, 0.25) is 16.6 Å². The Kier molecular flexibility index (Phi) is 5.90. The number of hydrogen-bond donors (Lipinski definition) is 0. The van der Waals surface area contributed by atoms with E-state index in [0.717, 1.165) is 10.8 Å². The third-order valence-corrected chi connectivity index (χ3v) is 11.6. The summed E-state index contributed by atoms with van der Waals surface area (Å²) in [7, 11) is -0.336. The zero-order valence-corrected chi connectivity index (χ0v) is 17.3. The van der Waals surface area contributed by atoms with E-state index >= 15 is 0 Å². The molecule has 25 heavy (non-hydrogen) atoms. The van der Waals surface area contributed by atoms with E-state index in [1.807, 2.05) is 6.07 Å². The first-order valence-electron chi connectivity index (χ1n) is 8.89. The average Bonchev–Trinajstić information content (AvgIpc) is 2.55. The van der Waals surface area contributed by atoms with Crippen LogP contribution in [0.5, 0.6) is 5.88 Å². The van der Waals surface area contributed by atoms with Gasteiger partial charge >= 0.3 is 0 Å². The monoisotopic (exact) mass is 357 g/mol. The second-order valence-corrected chi connectivity index (χ2v) is 13.1. The van der Waals surface area contributed by atoms with Crippen LogP contribution in [0.25, 0.3) is 10.8 Å². The number of ether oxygens (including phenoxy) is 1. The van der Waals surface area contributed by atoms with Gasteiger partial charge in [-0.2, -0.15) is 0 Å². The van der Waals surface area contributed by atoms with Crippen molar-refractivity contribution < 1.29 is 9.13 Å². The smallest absolute Gasteiger partial charge is 0.213 e. The molecule has 0 aliphatic carbocycles. The van der Waals surface area contributed by atoms with Gasteiger partial charge in [-0.05, 0) is 28.1 Å². The van der Waals surface area contributed by atoms with Crippen LogP contribution in [-0.4, -0.2) is 20.2 Å². The number of nitrogens with zero attached hydrogens (tertiary/aromatic N) is 1. The fraction of sp³-hybridized carbons (Fsp3) is 0.476. The van der Waals surface area contributed by atoms with Crippen LogP contribution < -0.4 is 4.74 Å². The first-order valence-corrected chi connectivity index (χ1v) is 11.1. The first-order chi connectivity index (χ1) is 11.7. The van der Waals surface area contributed by atoms with Gasteiger partial charge in [0.1, 0.15) is 13.9 Å². The van der Waals surface area contributed by atoms with Gasteiger partial charge in [-0.15, -0.1) is 5.54 Å². The van der Waals surface area contributed by atoms with E-state index in [0.29, 0.717) is 28.1 Å². The zero-order valence-electron chi connectivity index (χ0n) is 16.3. The van der Waals surface area contributed by atoms with Crippen molar-refractivity contribution in [2.45, 2.75) is 58.2 Å². The number of benzene rings is 1. The Morgan fingerprint density at radius 2 is 1.64 bits per heavy atom. The van der Waals surface area contributed by atoms with Crippen molar-refractivity contribution in [3.8, 4) is 17.3 Å². The maximum absolute atomic E-state index is 14.5. The Bertz CT molecular complexity index is 796. The molecule has 0 saturated carbocycles. The summed E-state index contributed by atoms with van der Waals surface area (Å²) >= 11 is 0. The highest BCUT2D eigenvalue weighted by atomic mass is 28.3. The highest BCUT2D eigenvalue weighted by molar-refractivity contribution is 6.90. The maximum atomic E-state index is 14.5. The molecule has 0 radical (unpaired) electrons. The predicted molar refractivity (Wildman–Crippen MR) is 106 cm³/mol. The van der Waals surface area contributed by atoms with Crippen molar-refractivity contribution in [1.82, 2.24) is 4.98 Å². The minimum atomic E-state index is -1.91. The maximum Gasteiger partial charge on any atom is 0.213 e. The Morgan fingerprint density at radius 1 is 1.04 bits per heavy atom. The highest BCUT2D eigenvalue weighted by Gasteiger charge is 2.41. The van der Waals surface area contributed by atoms with E-state index in [1.165, 1.54) is 6.07 Å². The summed E-state index contributed by atoms with van der Waals surface area (Å²) in [5.41, 5.74) is 5.58. The van der Waals surface area contributed by atoms with E-state index in [4.69, 9.17) is 4.74 Å². The molecule has 4 heteroatoms. The fourth-order valence-corrected chi connectivity index (χ4v) is 9.22. The van der Waals surface area contributed by atoms with Gasteiger partial charge in [-0.25, -0.2) is 9.37 Å². The number of pyridine rings is 1. The van der Waals surface area contributed by atoms with E-state index in [2.05, 4.69) is 58.0 Å². The minimum Gasteiger partial charge on any atom is -0.481 e. The molecule has 0 aliphatic heterocycles. The molecule has 0 aliphatic rings. The van der Waals surface area contributed by atoms with Gasteiger partial charge in [0.05, 0.1) is 12.7 Å². The molecule has 134 valence electrons. The number of halogens is 1. The third kappa shape index (κ3) is 3.57. The van der Waals surface area contributed by atoms with Gasteiger partial charge in [0.15, 0.2) is 0 Å². The lowest BCUT2D eigenvalue weighted by molar-refractivity contribution is 0.398. The molecule has 1 aromatic carbocycles. The van der Waals surface area contributed by atoms with Crippen molar-refractivity contribution in [3.05, 3.63) is 35.8 Å². The molecule has 2 rings (SSSR count). The van der Waals surface area contributed by atoms with Crippen LogP contribution in [-0.2, 0) is 0 Å². The third-order valence-electron chi connectivity index (χ3n) is 5.31. The Morgan fingerprint density at radius 3 is 2.16 bits per heavy atom. The molecule has 0 saturated heterocycles. The van der Waals surface area contributed by atoms with Crippen LogP contribution in [0, 0.1) is 17.3 Å². The number of rotatable bonds is 4. The van der Waals surface area contributed by atoms with E-state index in [-0.39, 0.29) is 5.82 Å². The Hall–Kier alpha value is -1.86. The SMILES string of the molecule is COc1cc2ccc(F)c(C#C[Si](C(C)C)(C(C)C)C(C)C)c2cn1. The standard InChI is InChI=1S/C21H28FNOSi/c1-14(2)25(15(3)4,16(5)6)11-10-18-19-13-23-21(24-7)12-17(19)8-9-20(18)22/h8-9,12-16H,1-7H3. The lowest BCUT2D eigenvalue weighted by Gasteiger charge is -2.38. The van der Waals surface area contributed by atoms with Gasteiger partial charge in [0.25, 0.3) is 0 Å². The predicted octanol–water partition coefficient (Wildman–Crippen LogP) is 5.95. The van der Waals surface area contributed by atoms with E-state index in [9.17, 15) is 4.39 Å². The molecular formula is C21H28FNOSi. The second kappa shape index (κ2) is 7.57. The quantitative estimate of drug-likeness (QED) is 0.498. The molecule has 2 nitrogen and oxygen atoms in total. The lowest BCUT2D eigenvalue weighted by atomic mass is 10.1. The molecule has 1 heterocycles. The molecule has 0 atom stereocenters. The second-order valence-electron chi connectivity index (χ2n) is 7.52. The zero-order chi connectivity index (χ0) is 18.8. The van der Waals surface area contributed by atoms with Crippen LogP contribution in [0.4, 0.5) is 4.39 Å². The molecule has 0 fully saturated rings. The van der Waals surface area contributed by atoms with Crippen molar-refractivity contribution in [2.24, 2.45) is 0 Å². The van der Waals surface area contributed by atoms with Gasteiger partial charge in [-0.3, -0.25) is 0 Å². The van der Waals surface area contributed by atoms with Crippen molar-refractivity contribution >= 4 is 18.8 Å².